The summed E-state index contributed by atoms with van der Waals surface area (Å²) in [5.41, 5.74) is 0.944. The van der Waals surface area contributed by atoms with Crippen LogP contribution in [0.3, 0.4) is 0 Å². The van der Waals surface area contributed by atoms with Crippen LogP contribution in [0.25, 0.3) is 0 Å². The standard InChI is InChI=1S/C13H19N3O4S/c1-14-21(19,20)12-4-2-11(3-5-12)16-8-6-15(7-9-16)10-13(17)18/h2-5,14H,6-10H2,1H3,(H,17,18). The second-order valence-electron chi connectivity index (χ2n) is 4.86. The van der Waals surface area contributed by atoms with Crippen LogP contribution in [-0.2, 0) is 14.8 Å². The number of anilines is 1. The van der Waals surface area contributed by atoms with Gasteiger partial charge in [-0.1, -0.05) is 0 Å². The lowest BCUT2D eigenvalue weighted by Crippen LogP contribution is -2.47. The van der Waals surface area contributed by atoms with Crippen LogP contribution in [0.15, 0.2) is 29.2 Å². The summed E-state index contributed by atoms with van der Waals surface area (Å²) in [6.07, 6.45) is 0. The first kappa shape index (κ1) is 15.7. The molecule has 8 heteroatoms. The molecule has 0 aliphatic carbocycles. The van der Waals surface area contributed by atoms with Crippen molar-refractivity contribution in [3.8, 4) is 0 Å². The van der Waals surface area contributed by atoms with E-state index < -0.39 is 16.0 Å². The molecule has 2 rings (SSSR count). The van der Waals surface area contributed by atoms with Crippen LogP contribution < -0.4 is 9.62 Å². The molecule has 1 aliphatic rings. The lowest BCUT2D eigenvalue weighted by atomic mass is 10.2. The highest BCUT2D eigenvalue weighted by Crippen LogP contribution is 2.19. The van der Waals surface area contributed by atoms with Crippen molar-refractivity contribution in [3.05, 3.63) is 24.3 Å². The summed E-state index contributed by atoms with van der Waals surface area (Å²) < 4.78 is 25.6. The fourth-order valence-corrected chi connectivity index (χ4v) is 3.04. The van der Waals surface area contributed by atoms with Gasteiger partial charge in [0.15, 0.2) is 0 Å². The third-order valence-corrected chi connectivity index (χ3v) is 4.94. The number of hydrogen-bond acceptors (Lipinski definition) is 5. The second-order valence-corrected chi connectivity index (χ2v) is 6.74. The van der Waals surface area contributed by atoms with E-state index in [0.29, 0.717) is 13.1 Å². The van der Waals surface area contributed by atoms with Gasteiger partial charge in [0.1, 0.15) is 0 Å². The first-order chi connectivity index (χ1) is 9.92. The number of nitrogens with zero attached hydrogens (tertiary/aromatic N) is 2. The predicted octanol–water partition coefficient (Wildman–Crippen LogP) is -0.199. The molecule has 0 bridgehead atoms. The maximum atomic E-state index is 11.6. The fourth-order valence-electron chi connectivity index (χ4n) is 2.31. The highest BCUT2D eigenvalue weighted by atomic mass is 32.2. The zero-order chi connectivity index (χ0) is 15.5. The Morgan fingerprint density at radius 1 is 1.19 bits per heavy atom. The summed E-state index contributed by atoms with van der Waals surface area (Å²) >= 11 is 0. The van der Waals surface area contributed by atoms with Gasteiger partial charge in [0.25, 0.3) is 0 Å². The third kappa shape index (κ3) is 3.93. The third-order valence-electron chi connectivity index (χ3n) is 3.51. The molecule has 1 aliphatic heterocycles. The highest BCUT2D eigenvalue weighted by Gasteiger charge is 2.19. The highest BCUT2D eigenvalue weighted by molar-refractivity contribution is 7.89. The molecule has 0 saturated carbocycles. The van der Waals surface area contributed by atoms with Crippen molar-refractivity contribution in [1.82, 2.24) is 9.62 Å². The first-order valence-electron chi connectivity index (χ1n) is 6.65. The number of carbonyl (C=O) groups is 1. The van der Waals surface area contributed by atoms with Gasteiger partial charge in [-0.05, 0) is 31.3 Å². The lowest BCUT2D eigenvalue weighted by molar-refractivity contribution is -0.138. The molecule has 0 radical (unpaired) electrons. The minimum atomic E-state index is -3.41. The number of rotatable bonds is 5. The maximum absolute atomic E-state index is 11.6. The van der Waals surface area contributed by atoms with Crippen LogP contribution >= 0.6 is 0 Å². The molecular formula is C13H19N3O4S. The molecule has 21 heavy (non-hydrogen) atoms. The van der Waals surface area contributed by atoms with Gasteiger partial charge >= 0.3 is 5.97 Å². The summed E-state index contributed by atoms with van der Waals surface area (Å²) in [6, 6.07) is 6.70. The molecule has 0 amide bonds. The van der Waals surface area contributed by atoms with Crippen molar-refractivity contribution < 1.29 is 18.3 Å². The van der Waals surface area contributed by atoms with Crippen molar-refractivity contribution in [1.29, 1.82) is 0 Å². The van der Waals surface area contributed by atoms with Crippen molar-refractivity contribution >= 4 is 21.7 Å². The Balaban J connectivity index is 2.00. The van der Waals surface area contributed by atoms with Gasteiger partial charge in [0.05, 0.1) is 11.4 Å². The van der Waals surface area contributed by atoms with Gasteiger partial charge in [-0.25, -0.2) is 13.1 Å². The number of nitrogens with one attached hydrogen (secondary N) is 1. The molecule has 1 heterocycles. The smallest absolute Gasteiger partial charge is 0.317 e. The van der Waals surface area contributed by atoms with Crippen LogP contribution in [0, 0.1) is 0 Å². The Bertz CT molecular complexity index is 592. The Labute approximate surface area is 124 Å². The van der Waals surface area contributed by atoms with Gasteiger partial charge < -0.3 is 10.0 Å². The first-order valence-corrected chi connectivity index (χ1v) is 8.13. The monoisotopic (exact) mass is 313 g/mol. The molecule has 1 aromatic rings. The maximum Gasteiger partial charge on any atom is 0.317 e. The van der Waals surface area contributed by atoms with Crippen LogP contribution in [-0.4, -0.2) is 64.2 Å². The van der Waals surface area contributed by atoms with E-state index in [-0.39, 0.29) is 11.4 Å². The minimum absolute atomic E-state index is 0.0627. The fraction of sp³-hybridized carbons (Fsp3) is 0.462. The molecule has 1 aromatic carbocycles. The topological polar surface area (TPSA) is 90.0 Å². The number of hydrogen-bond donors (Lipinski definition) is 2. The molecule has 0 aromatic heterocycles. The number of aliphatic carboxylic acids is 1. The van der Waals surface area contributed by atoms with E-state index in [0.717, 1.165) is 18.8 Å². The van der Waals surface area contributed by atoms with Crippen LogP contribution in [0.5, 0.6) is 0 Å². The molecule has 0 unspecified atom stereocenters. The number of sulfonamides is 1. The average molecular weight is 313 g/mol. The normalized spacial score (nSPS) is 16.9. The van der Waals surface area contributed by atoms with E-state index in [1.807, 2.05) is 4.90 Å². The van der Waals surface area contributed by atoms with Crippen LogP contribution in [0.1, 0.15) is 0 Å². The van der Waals surface area contributed by atoms with Crippen molar-refractivity contribution in [2.24, 2.45) is 0 Å². The van der Waals surface area contributed by atoms with E-state index >= 15 is 0 Å². The number of carboxylic acid groups (broad SMARTS) is 1. The average Bonchev–Trinajstić information content (AvgIpc) is 2.47. The molecule has 116 valence electrons. The zero-order valence-electron chi connectivity index (χ0n) is 11.8. The van der Waals surface area contributed by atoms with Gasteiger partial charge in [0, 0.05) is 31.9 Å². The summed E-state index contributed by atoms with van der Waals surface area (Å²) in [7, 11) is -2.03. The van der Waals surface area contributed by atoms with Gasteiger partial charge in [-0.3, -0.25) is 9.69 Å². The molecular weight excluding hydrogens is 294 g/mol. The van der Waals surface area contributed by atoms with Crippen LogP contribution in [0.2, 0.25) is 0 Å². The molecule has 0 spiro atoms. The SMILES string of the molecule is CNS(=O)(=O)c1ccc(N2CCN(CC(=O)O)CC2)cc1. The summed E-state index contributed by atoms with van der Waals surface area (Å²) in [4.78, 5) is 14.9. The Hall–Kier alpha value is -1.64. The van der Waals surface area contributed by atoms with Crippen molar-refractivity contribution in [3.63, 3.8) is 0 Å². The number of piperazine rings is 1. The number of benzene rings is 1. The Morgan fingerprint density at radius 3 is 2.24 bits per heavy atom. The molecule has 7 nitrogen and oxygen atoms in total. The van der Waals surface area contributed by atoms with E-state index in [9.17, 15) is 13.2 Å². The van der Waals surface area contributed by atoms with Crippen molar-refractivity contribution in [2.45, 2.75) is 4.90 Å². The summed E-state index contributed by atoms with van der Waals surface area (Å²) in [5.74, 6) is -0.815. The summed E-state index contributed by atoms with van der Waals surface area (Å²) in [5, 5.41) is 8.76. The largest absolute Gasteiger partial charge is 0.480 e. The van der Waals surface area contributed by atoms with E-state index in [1.54, 1.807) is 24.3 Å². The zero-order valence-corrected chi connectivity index (χ0v) is 12.6. The Kier molecular flexibility index (Phi) is 4.81. The molecule has 0 atom stereocenters. The quantitative estimate of drug-likeness (QED) is 0.782. The van der Waals surface area contributed by atoms with Crippen molar-refractivity contribution in [2.75, 3.05) is 44.7 Å². The van der Waals surface area contributed by atoms with Gasteiger partial charge in [-0.15, -0.1) is 0 Å². The molecule has 1 fully saturated rings. The Morgan fingerprint density at radius 2 is 1.76 bits per heavy atom. The van der Waals surface area contributed by atoms with Gasteiger partial charge in [-0.2, -0.15) is 0 Å². The van der Waals surface area contributed by atoms with E-state index in [4.69, 9.17) is 5.11 Å². The lowest BCUT2D eigenvalue weighted by Gasteiger charge is -2.35. The second kappa shape index (κ2) is 6.42. The van der Waals surface area contributed by atoms with E-state index in [2.05, 4.69) is 9.62 Å². The number of carboxylic acids is 1. The van der Waals surface area contributed by atoms with Gasteiger partial charge in [0.2, 0.25) is 10.0 Å². The molecule has 2 N–H and O–H groups in total. The molecule has 1 saturated heterocycles. The predicted molar refractivity (Wildman–Crippen MR) is 79.0 cm³/mol. The minimum Gasteiger partial charge on any atom is -0.480 e. The summed E-state index contributed by atoms with van der Waals surface area (Å²) in [6.45, 7) is 2.88. The van der Waals surface area contributed by atoms with Crippen LogP contribution in [0.4, 0.5) is 5.69 Å². The van der Waals surface area contributed by atoms with E-state index in [1.165, 1.54) is 7.05 Å².